The molecule has 3 N–H and O–H groups in total. The number of fused-ring (bicyclic) bond motifs is 3. The number of hydrogen-bond acceptors (Lipinski definition) is 2. The Morgan fingerprint density at radius 1 is 1.00 bits per heavy atom. The van der Waals surface area contributed by atoms with Gasteiger partial charge in [0, 0.05) is 5.56 Å². The molecule has 0 unspecified atom stereocenters. The molecule has 3 heteroatoms. The van der Waals surface area contributed by atoms with Crippen molar-refractivity contribution in [2.45, 2.75) is 6.42 Å². The van der Waals surface area contributed by atoms with E-state index in [0.29, 0.717) is 5.69 Å². The summed E-state index contributed by atoms with van der Waals surface area (Å²) in [6, 6.07) is 15.1. The van der Waals surface area contributed by atoms with Crippen LogP contribution in [0.25, 0.3) is 22.4 Å². The molecule has 1 aliphatic carbocycles. The van der Waals surface area contributed by atoms with Crippen LogP contribution >= 0.6 is 0 Å². The normalized spacial score (nSPS) is 12.2. The summed E-state index contributed by atoms with van der Waals surface area (Å²) in [6.45, 7) is 0. The Balaban J connectivity index is 1.86. The maximum atomic E-state index is 5.91. The van der Waals surface area contributed by atoms with Crippen molar-refractivity contribution in [2.24, 2.45) is 0 Å². The maximum absolute atomic E-state index is 5.91. The molecule has 0 amide bonds. The average Bonchev–Trinajstić information content (AvgIpc) is 3.01. The summed E-state index contributed by atoms with van der Waals surface area (Å²) in [5.41, 5.74) is 14.0. The van der Waals surface area contributed by atoms with E-state index in [1.165, 1.54) is 22.3 Å². The summed E-state index contributed by atoms with van der Waals surface area (Å²) in [5.74, 6) is 0. The van der Waals surface area contributed by atoms with Gasteiger partial charge in [-0.25, -0.2) is 0 Å². The number of nitrogens with two attached hydrogens (primary N) is 1. The summed E-state index contributed by atoms with van der Waals surface area (Å²) < 4.78 is 0. The van der Waals surface area contributed by atoms with Crippen molar-refractivity contribution >= 4 is 5.69 Å². The first kappa shape index (κ1) is 10.4. The Morgan fingerprint density at radius 3 is 2.68 bits per heavy atom. The van der Waals surface area contributed by atoms with Crippen LogP contribution in [0.1, 0.15) is 11.1 Å². The number of aromatic amines is 1. The molecule has 3 nitrogen and oxygen atoms in total. The minimum atomic E-state index is 0.690. The van der Waals surface area contributed by atoms with Crippen LogP contribution < -0.4 is 5.73 Å². The summed E-state index contributed by atoms with van der Waals surface area (Å²) in [7, 11) is 0. The van der Waals surface area contributed by atoms with E-state index >= 15 is 0 Å². The molecule has 0 fully saturated rings. The third kappa shape index (κ3) is 1.48. The second-order valence-corrected chi connectivity index (χ2v) is 4.91. The first-order valence-corrected chi connectivity index (χ1v) is 6.33. The Bertz CT molecular complexity index is 771. The van der Waals surface area contributed by atoms with Crippen LogP contribution in [0.4, 0.5) is 5.69 Å². The van der Waals surface area contributed by atoms with Crippen LogP contribution in [0, 0.1) is 0 Å². The predicted molar refractivity (Wildman–Crippen MR) is 76.7 cm³/mol. The molecule has 0 atom stereocenters. The minimum absolute atomic E-state index is 0.690. The average molecular weight is 247 g/mol. The van der Waals surface area contributed by atoms with Crippen molar-refractivity contribution in [3.05, 3.63) is 59.8 Å². The Hall–Kier alpha value is -2.55. The zero-order chi connectivity index (χ0) is 12.8. The quantitative estimate of drug-likeness (QED) is 0.542. The molecule has 0 saturated heterocycles. The van der Waals surface area contributed by atoms with Gasteiger partial charge in [-0.05, 0) is 34.7 Å². The molecule has 4 rings (SSSR count). The highest BCUT2D eigenvalue weighted by Gasteiger charge is 2.18. The maximum Gasteiger partial charge on any atom is 0.0880 e. The topological polar surface area (TPSA) is 54.7 Å². The number of benzene rings is 2. The zero-order valence-electron chi connectivity index (χ0n) is 10.4. The Morgan fingerprint density at radius 2 is 1.84 bits per heavy atom. The first-order chi connectivity index (χ1) is 9.33. The second kappa shape index (κ2) is 3.72. The van der Waals surface area contributed by atoms with Crippen LogP contribution in [-0.2, 0) is 6.42 Å². The number of aromatic nitrogens is 2. The summed E-state index contributed by atoms with van der Waals surface area (Å²) in [6.07, 6.45) is 2.64. The van der Waals surface area contributed by atoms with E-state index in [0.717, 1.165) is 17.7 Å². The van der Waals surface area contributed by atoms with Crippen molar-refractivity contribution in [2.75, 3.05) is 5.73 Å². The van der Waals surface area contributed by atoms with Crippen LogP contribution in [-0.4, -0.2) is 10.2 Å². The number of nitrogens with zero attached hydrogens (tertiary/aromatic N) is 1. The molecule has 1 heterocycles. The number of anilines is 1. The van der Waals surface area contributed by atoms with E-state index in [4.69, 9.17) is 5.73 Å². The zero-order valence-corrected chi connectivity index (χ0v) is 10.4. The Kier molecular flexibility index (Phi) is 2.03. The van der Waals surface area contributed by atoms with Crippen molar-refractivity contribution < 1.29 is 0 Å². The summed E-state index contributed by atoms with van der Waals surface area (Å²) in [5, 5.41) is 6.94. The Labute approximate surface area is 111 Å². The summed E-state index contributed by atoms with van der Waals surface area (Å²) >= 11 is 0. The van der Waals surface area contributed by atoms with Gasteiger partial charge in [-0.3, -0.25) is 5.10 Å². The molecule has 0 bridgehead atoms. The van der Waals surface area contributed by atoms with Gasteiger partial charge < -0.3 is 5.73 Å². The molecule has 0 saturated carbocycles. The SMILES string of the molecule is Nc1cn[nH]c1-c1ccc2c(c1)Cc1ccccc1-2. The number of nitrogen functional groups attached to an aromatic ring is 1. The van der Waals surface area contributed by atoms with Crippen molar-refractivity contribution in [3.8, 4) is 22.4 Å². The van der Waals surface area contributed by atoms with Gasteiger partial charge in [0.25, 0.3) is 0 Å². The van der Waals surface area contributed by atoms with Gasteiger partial charge in [-0.1, -0.05) is 36.4 Å². The predicted octanol–water partition coefficient (Wildman–Crippen LogP) is 3.23. The lowest BCUT2D eigenvalue weighted by Gasteiger charge is -2.04. The third-order valence-corrected chi connectivity index (χ3v) is 3.75. The van der Waals surface area contributed by atoms with Crippen molar-refractivity contribution in [1.82, 2.24) is 10.2 Å². The first-order valence-electron chi connectivity index (χ1n) is 6.33. The molecule has 0 spiro atoms. The monoisotopic (exact) mass is 247 g/mol. The molecule has 2 aromatic carbocycles. The third-order valence-electron chi connectivity index (χ3n) is 3.75. The van der Waals surface area contributed by atoms with E-state index in [1.807, 2.05) is 0 Å². The highest BCUT2D eigenvalue weighted by atomic mass is 15.1. The van der Waals surface area contributed by atoms with Gasteiger partial charge in [0.1, 0.15) is 0 Å². The number of nitrogens with one attached hydrogen (secondary N) is 1. The van der Waals surface area contributed by atoms with Crippen molar-refractivity contribution in [1.29, 1.82) is 0 Å². The van der Waals surface area contributed by atoms with Gasteiger partial charge in [0.2, 0.25) is 0 Å². The molecule has 1 aliphatic rings. The van der Waals surface area contributed by atoms with Crippen LogP contribution in [0.3, 0.4) is 0 Å². The van der Waals surface area contributed by atoms with E-state index in [-0.39, 0.29) is 0 Å². The van der Waals surface area contributed by atoms with E-state index in [1.54, 1.807) is 6.20 Å². The molecule has 0 aliphatic heterocycles. The number of hydrogen-bond donors (Lipinski definition) is 2. The van der Waals surface area contributed by atoms with Crippen LogP contribution in [0.2, 0.25) is 0 Å². The van der Waals surface area contributed by atoms with Gasteiger partial charge in [0.05, 0.1) is 17.6 Å². The fourth-order valence-corrected chi connectivity index (χ4v) is 2.83. The number of rotatable bonds is 1. The lowest BCUT2D eigenvalue weighted by Crippen LogP contribution is -1.88. The second-order valence-electron chi connectivity index (χ2n) is 4.91. The van der Waals surface area contributed by atoms with Gasteiger partial charge in [-0.2, -0.15) is 5.10 Å². The van der Waals surface area contributed by atoms with E-state index in [2.05, 4.69) is 52.7 Å². The van der Waals surface area contributed by atoms with E-state index < -0.39 is 0 Å². The molecule has 3 aromatic rings. The van der Waals surface area contributed by atoms with Gasteiger partial charge in [-0.15, -0.1) is 0 Å². The molecule has 1 aromatic heterocycles. The lowest BCUT2D eigenvalue weighted by atomic mass is 10.0. The molecular formula is C16H13N3. The summed E-state index contributed by atoms with van der Waals surface area (Å²) in [4.78, 5) is 0. The standard InChI is InChI=1S/C16H13N3/c17-15-9-18-19-16(15)11-5-6-14-12(8-11)7-10-3-1-2-4-13(10)14/h1-6,8-9H,7,17H2,(H,18,19). The highest BCUT2D eigenvalue weighted by Crippen LogP contribution is 2.38. The minimum Gasteiger partial charge on any atom is -0.396 e. The molecule has 0 radical (unpaired) electrons. The fraction of sp³-hybridized carbons (Fsp3) is 0.0625. The van der Waals surface area contributed by atoms with E-state index in [9.17, 15) is 0 Å². The van der Waals surface area contributed by atoms with Gasteiger partial charge in [0.15, 0.2) is 0 Å². The molecule has 19 heavy (non-hydrogen) atoms. The lowest BCUT2D eigenvalue weighted by molar-refractivity contribution is 1.09. The highest BCUT2D eigenvalue weighted by molar-refractivity contribution is 5.81. The van der Waals surface area contributed by atoms with Crippen LogP contribution in [0.15, 0.2) is 48.7 Å². The van der Waals surface area contributed by atoms with Crippen molar-refractivity contribution in [3.63, 3.8) is 0 Å². The molecule has 92 valence electrons. The largest absolute Gasteiger partial charge is 0.396 e. The molecular weight excluding hydrogens is 234 g/mol. The van der Waals surface area contributed by atoms with Gasteiger partial charge >= 0.3 is 0 Å². The number of H-pyrrole nitrogens is 1. The van der Waals surface area contributed by atoms with Crippen LogP contribution in [0.5, 0.6) is 0 Å². The fourth-order valence-electron chi connectivity index (χ4n) is 2.83. The smallest absolute Gasteiger partial charge is 0.0880 e.